The number of hydrogen-bond donors (Lipinski definition) is 1. The van der Waals surface area contributed by atoms with Gasteiger partial charge in [0.25, 0.3) is 5.91 Å². The van der Waals surface area contributed by atoms with Crippen LogP contribution in [0.25, 0.3) is 6.08 Å². The summed E-state index contributed by atoms with van der Waals surface area (Å²) in [6.45, 7) is 3.81. The fourth-order valence-corrected chi connectivity index (χ4v) is 2.39. The van der Waals surface area contributed by atoms with Gasteiger partial charge in [0.1, 0.15) is 18.2 Å². The van der Waals surface area contributed by atoms with Gasteiger partial charge in [0.05, 0.1) is 18.4 Å². The molecule has 0 radical (unpaired) electrons. The van der Waals surface area contributed by atoms with E-state index in [1.54, 1.807) is 24.3 Å². The van der Waals surface area contributed by atoms with Gasteiger partial charge in [0, 0.05) is 0 Å². The highest BCUT2D eigenvalue weighted by Crippen LogP contribution is 2.35. The molecule has 0 bridgehead atoms. The van der Waals surface area contributed by atoms with Crippen LogP contribution in [0.1, 0.15) is 11.1 Å². The van der Waals surface area contributed by atoms with Gasteiger partial charge >= 0.3 is 6.18 Å². The number of rotatable bonds is 7. The highest BCUT2D eigenvalue weighted by Gasteiger charge is 2.33. The summed E-state index contributed by atoms with van der Waals surface area (Å²) in [6.07, 6.45) is -1.84. The van der Waals surface area contributed by atoms with Crippen LogP contribution in [0.15, 0.2) is 60.7 Å². The van der Waals surface area contributed by atoms with Crippen molar-refractivity contribution >= 4 is 17.7 Å². The Labute approximate surface area is 165 Å². The standard InChI is InChI=1S/C21H17F3N2O3/c1-3-10-29-18-9-8-14(12-19(18)28-2)11-15(13-25)20(27)26-17-7-5-4-6-16(17)21(22,23)24/h3-9,11-12H,1,10H2,2H3,(H,26,27)/b15-11+. The summed E-state index contributed by atoms with van der Waals surface area (Å²) in [6, 6.07) is 10.9. The lowest BCUT2D eigenvalue weighted by atomic mass is 10.1. The van der Waals surface area contributed by atoms with E-state index >= 15 is 0 Å². The van der Waals surface area contributed by atoms with Crippen molar-refractivity contribution in [1.29, 1.82) is 5.26 Å². The lowest BCUT2D eigenvalue weighted by Crippen LogP contribution is -2.17. The summed E-state index contributed by atoms with van der Waals surface area (Å²) >= 11 is 0. The number of ether oxygens (including phenoxy) is 2. The molecule has 8 heteroatoms. The highest BCUT2D eigenvalue weighted by atomic mass is 19.4. The number of para-hydroxylation sites is 1. The van der Waals surface area contributed by atoms with Crippen LogP contribution < -0.4 is 14.8 Å². The number of methoxy groups -OCH3 is 1. The Bertz CT molecular complexity index is 976. The van der Waals surface area contributed by atoms with Crippen LogP contribution in [-0.2, 0) is 11.0 Å². The Morgan fingerprint density at radius 2 is 1.97 bits per heavy atom. The normalized spacial score (nSPS) is 11.3. The number of carbonyl (C=O) groups excluding carboxylic acids is 1. The number of nitrogens with zero attached hydrogens (tertiary/aromatic N) is 1. The minimum Gasteiger partial charge on any atom is -0.493 e. The molecule has 1 N–H and O–H groups in total. The van der Waals surface area contributed by atoms with Crippen molar-refractivity contribution in [2.45, 2.75) is 6.18 Å². The van der Waals surface area contributed by atoms with Crippen molar-refractivity contribution in [3.63, 3.8) is 0 Å². The van der Waals surface area contributed by atoms with Crippen LogP contribution in [0.2, 0.25) is 0 Å². The first-order valence-corrected chi connectivity index (χ1v) is 8.31. The van der Waals surface area contributed by atoms with E-state index in [1.807, 2.05) is 0 Å². The second-order valence-corrected chi connectivity index (χ2v) is 5.68. The second kappa shape index (κ2) is 9.46. The number of nitrogens with one attached hydrogen (secondary N) is 1. The SMILES string of the molecule is C=CCOc1ccc(/C=C(\C#N)C(=O)Nc2ccccc2C(F)(F)F)cc1OC. The number of alkyl halides is 3. The Morgan fingerprint density at radius 1 is 1.24 bits per heavy atom. The van der Waals surface area contributed by atoms with Gasteiger partial charge in [0.15, 0.2) is 11.5 Å². The smallest absolute Gasteiger partial charge is 0.418 e. The minimum absolute atomic E-state index is 0.260. The van der Waals surface area contributed by atoms with Crippen molar-refractivity contribution in [1.82, 2.24) is 0 Å². The quantitative estimate of drug-likeness (QED) is 0.409. The fraction of sp³-hybridized carbons (Fsp3) is 0.143. The van der Waals surface area contributed by atoms with Crippen LogP contribution in [0.5, 0.6) is 11.5 Å². The van der Waals surface area contributed by atoms with Gasteiger partial charge in [-0.1, -0.05) is 30.9 Å². The van der Waals surface area contributed by atoms with Crippen LogP contribution in [0.4, 0.5) is 18.9 Å². The fourth-order valence-electron chi connectivity index (χ4n) is 2.39. The molecular weight excluding hydrogens is 385 g/mol. The summed E-state index contributed by atoms with van der Waals surface area (Å²) in [7, 11) is 1.43. The van der Waals surface area contributed by atoms with Crippen LogP contribution in [0, 0.1) is 11.3 Å². The Kier molecular flexibility index (Phi) is 7.04. The predicted octanol–water partition coefficient (Wildman–Crippen LogP) is 4.82. The summed E-state index contributed by atoms with van der Waals surface area (Å²) in [5.41, 5.74) is -1.37. The first-order valence-electron chi connectivity index (χ1n) is 8.31. The molecule has 1 amide bonds. The zero-order chi connectivity index (χ0) is 21.4. The van der Waals surface area contributed by atoms with Crippen molar-refractivity contribution in [3.8, 4) is 17.6 Å². The molecule has 0 spiro atoms. The van der Waals surface area contributed by atoms with Crippen LogP contribution in [0.3, 0.4) is 0 Å². The lowest BCUT2D eigenvalue weighted by molar-refractivity contribution is -0.137. The van der Waals surface area contributed by atoms with Gasteiger partial charge in [-0.2, -0.15) is 18.4 Å². The van der Waals surface area contributed by atoms with Gasteiger partial charge in [0.2, 0.25) is 0 Å². The number of carbonyl (C=O) groups is 1. The monoisotopic (exact) mass is 402 g/mol. The average Bonchev–Trinajstić information content (AvgIpc) is 2.70. The maximum Gasteiger partial charge on any atom is 0.418 e. The van der Waals surface area contributed by atoms with E-state index in [9.17, 15) is 23.2 Å². The summed E-state index contributed by atoms with van der Waals surface area (Å²) in [5.74, 6) is -0.164. The molecule has 2 aromatic rings. The average molecular weight is 402 g/mol. The maximum absolute atomic E-state index is 13.1. The Morgan fingerprint density at radius 3 is 2.59 bits per heavy atom. The van der Waals surface area contributed by atoms with Crippen LogP contribution in [-0.4, -0.2) is 19.6 Å². The molecule has 0 fully saturated rings. The third-order valence-corrected chi connectivity index (χ3v) is 3.70. The van der Waals surface area contributed by atoms with Gasteiger partial charge in [-0.25, -0.2) is 0 Å². The second-order valence-electron chi connectivity index (χ2n) is 5.68. The lowest BCUT2D eigenvalue weighted by Gasteiger charge is -2.13. The first kappa shape index (κ1) is 21.6. The summed E-state index contributed by atoms with van der Waals surface area (Å²) < 4.78 is 49.9. The highest BCUT2D eigenvalue weighted by molar-refractivity contribution is 6.10. The number of benzene rings is 2. The third kappa shape index (κ3) is 5.62. The van der Waals surface area contributed by atoms with E-state index in [4.69, 9.17) is 9.47 Å². The maximum atomic E-state index is 13.1. The number of hydrogen-bond acceptors (Lipinski definition) is 4. The molecule has 0 saturated carbocycles. The molecule has 29 heavy (non-hydrogen) atoms. The van der Waals surface area contributed by atoms with E-state index in [0.29, 0.717) is 17.1 Å². The summed E-state index contributed by atoms with van der Waals surface area (Å²) in [5, 5.41) is 11.4. The molecule has 150 valence electrons. The Balaban J connectivity index is 2.30. The molecule has 2 aromatic carbocycles. The number of halogens is 3. The molecule has 0 aliphatic heterocycles. The number of nitriles is 1. The predicted molar refractivity (Wildman–Crippen MR) is 102 cm³/mol. The molecule has 0 unspecified atom stereocenters. The Hall–Kier alpha value is -3.73. The molecule has 0 heterocycles. The molecule has 0 atom stereocenters. The molecule has 0 saturated heterocycles. The van der Waals surface area contributed by atoms with E-state index < -0.39 is 23.3 Å². The zero-order valence-electron chi connectivity index (χ0n) is 15.4. The van der Waals surface area contributed by atoms with E-state index in [1.165, 1.54) is 31.4 Å². The zero-order valence-corrected chi connectivity index (χ0v) is 15.4. The van der Waals surface area contributed by atoms with Crippen molar-refractivity contribution in [3.05, 3.63) is 71.8 Å². The topological polar surface area (TPSA) is 71.3 Å². The third-order valence-electron chi connectivity index (χ3n) is 3.70. The number of anilines is 1. The number of amides is 1. The van der Waals surface area contributed by atoms with Crippen molar-refractivity contribution < 1.29 is 27.4 Å². The van der Waals surface area contributed by atoms with E-state index in [0.717, 1.165) is 12.1 Å². The van der Waals surface area contributed by atoms with Crippen molar-refractivity contribution in [2.75, 3.05) is 19.0 Å². The molecule has 0 aliphatic rings. The van der Waals surface area contributed by atoms with Gasteiger partial charge in [-0.15, -0.1) is 0 Å². The van der Waals surface area contributed by atoms with Gasteiger partial charge < -0.3 is 14.8 Å². The van der Waals surface area contributed by atoms with E-state index in [2.05, 4.69) is 11.9 Å². The summed E-state index contributed by atoms with van der Waals surface area (Å²) in [4.78, 5) is 12.4. The minimum atomic E-state index is -4.64. The molecule has 2 rings (SSSR count). The molecular formula is C21H17F3N2O3. The molecule has 0 aromatic heterocycles. The van der Waals surface area contributed by atoms with Crippen LogP contribution >= 0.6 is 0 Å². The molecule has 5 nitrogen and oxygen atoms in total. The first-order chi connectivity index (χ1) is 13.8. The van der Waals surface area contributed by atoms with Crippen molar-refractivity contribution in [2.24, 2.45) is 0 Å². The van der Waals surface area contributed by atoms with Gasteiger partial charge in [-0.05, 0) is 35.9 Å². The molecule has 0 aliphatic carbocycles. The largest absolute Gasteiger partial charge is 0.493 e. The van der Waals surface area contributed by atoms with E-state index in [-0.39, 0.29) is 12.2 Å². The van der Waals surface area contributed by atoms with Gasteiger partial charge in [-0.3, -0.25) is 4.79 Å².